The standard InChI is InChI=1S/C21H21F3N8O3S/c1-31-6-8-32(9-7-31)12-17(33)27-14-10-13(2-3-16(14)35-21(22,23)24)18(34)28-20-30-29-19(36-20)15-11-25-4-5-26-15/h2-5,10-11H,6-9,12H2,1H3,(H,27,33)(H,28,30,34). The minimum absolute atomic E-state index is 0.00827. The highest BCUT2D eigenvalue weighted by Gasteiger charge is 2.33. The lowest BCUT2D eigenvalue weighted by atomic mass is 10.1. The molecule has 0 bridgehead atoms. The highest BCUT2D eigenvalue weighted by Crippen LogP contribution is 2.32. The van der Waals surface area contributed by atoms with Crippen LogP contribution in [0.4, 0.5) is 24.0 Å². The van der Waals surface area contributed by atoms with E-state index in [0.717, 1.165) is 42.6 Å². The molecule has 2 N–H and O–H groups in total. The number of nitrogens with one attached hydrogen (secondary N) is 2. The van der Waals surface area contributed by atoms with E-state index in [0.29, 0.717) is 23.8 Å². The third kappa shape index (κ3) is 6.93. The van der Waals surface area contributed by atoms with Gasteiger partial charge in [0.1, 0.15) is 5.69 Å². The smallest absolute Gasteiger partial charge is 0.404 e. The minimum Gasteiger partial charge on any atom is -0.404 e. The van der Waals surface area contributed by atoms with Crippen LogP contribution in [0.1, 0.15) is 10.4 Å². The molecule has 11 nitrogen and oxygen atoms in total. The summed E-state index contributed by atoms with van der Waals surface area (Å²) < 4.78 is 42.8. The Morgan fingerprint density at radius 2 is 1.89 bits per heavy atom. The van der Waals surface area contributed by atoms with Crippen molar-refractivity contribution >= 4 is 34.0 Å². The molecule has 1 fully saturated rings. The summed E-state index contributed by atoms with van der Waals surface area (Å²) in [7, 11) is 1.97. The molecule has 1 aromatic carbocycles. The lowest BCUT2D eigenvalue weighted by molar-refractivity contribution is -0.274. The number of alkyl halides is 3. The molecule has 2 aromatic heterocycles. The molecular formula is C21H21F3N8O3S. The zero-order valence-electron chi connectivity index (χ0n) is 18.9. The number of nitrogens with zero attached hydrogens (tertiary/aromatic N) is 6. The molecule has 0 unspecified atom stereocenters. The van der Waals surface area contributed by atoms with E-state index in [2.05, 4.69) is 40.4 Å². The number of rotatable bonds is 7. The van der Waals surface area contributed by atoms with Crippen LogP contribution in [0.15, 0.2) is 36.8 Å². The number of ether oxygens (including phenoxy) is 1. The maximum Gasteiger partial charge on any atom is 0.573 e. The molecule has 1 aliphatic rings. The Balaban J connectivity index is 1.48. The summed E-state index contributed by atoms with van der Waals surface area (Å²) in [5, 5.41) is 13.4. The first-order valence-electron chi connectivity index (χ1n) is 10.7. The first-order valence-corrected chi connectivity index (χ1v) is 11.5. The number of likely N-dealkylation sites (N-methyl/N-ethyl adjacent to an activating group) is 1. The lowest BCUT2D eigenvalue weighted by Gasteiger charge is -2.31. The average Bonchev–Trinajstić information content (AvgIpc) is 3.30. The summed E-state index contributed by atoms with van der Waals surface area (Å²) in [4.78, 5) is 37.4. The summed E-state index contributed by atoms with van der Waals surface area (Å²) >= 11 is 1.05. The van der Waals surface area contributed by atoms with Crippen molar-refractivity contribution in [3.63, 3.8) is 0 Å². The molecule has 4 rings (SSSR count). The Bertz CT molecular complexity index is 1220. The second-order valence-corrected chi connectivity index (χ2v) is 8.82. The SMILES string of the molecule is CN1CCN(CC(=O)Nc2cc(C(=O)Nc3nnc(-c4cnccn4)s3)ccc2OC(F)(F)F)CC1. The van der Waals surface area contributed by atoms with Gasteiger partial charge in [0.05, 0.1) is 18.4 Å². The van der Waals surface area contributed by atoms with Crippen molar-refractivity contribution in [1.29, 1.82) is 0 Å². The molecule has 0 atom stereocenters. The number of hydrogen-bond donors (Lipinski definition) is 2. The quantitative estimate of drug-likeness (QED) is 0.481. The van der Waals surface area contributed by atoms with Crippen LogP contribution in [-0.4, -0.2) is 87.9 Å². The molecular weight excluding hydrogens is 501 g/mol. The molecule has 1 aliphatic heterocycles. The molecule has 3 heterocycles. The summed E-state index contributed by atoms with van der Waals surface area (Å²) in [6.45, 7) is 2.84. The van der Waals surface area contributed by atoms with Crippen molar-refractivity contribution in [3.05, 3.63) is 42.4 Å². The zero-order chi connectivity index (χ0) is 25.7. The van der Waals surface area contributed by atoms with Gasteiger partial charge in [0.15, 0.2) is 10.8 Å². The Morgan fingerprint density at radius 1 is 1.11 bits per heavy atom. The van der Waals surface area contributed by atoms with Gasteiger partial charge in [-0.2, -0.15) is 0 Å². The zero-order valence-corrected chi connectivity index (χ0v) is 19.8. The van der Waals surface area contributed by atoms with Crippen molar-refractivity contribution in [1.82, 2.24) is 30.0 Å². The van der Waals surface area contributed by atoms with Gasteiger partial charge >= 0.3 is 6.36 Å². The first kappa shape index (κ1) is 25.4. The summed E-state index contributed by atoms with van der Waals surface area (Å²) in [5.74, 6) is -1.82. The monoisotopic (exact) mass is 522 g/mol. The van der Waals surface area contributed by atoms with Crippen LogP contribution in [0.2, 0.25) is 0 Å². The predicted octanol–water partition coefficient (Wildman–Crippen LogP) is 2.33. The molecule has 0 saturated carbocycles. The highest BCUT2D eigenvalue weighted by molar-refractivity contribution is 7.18. The fourth-order valence-electron chi connectivity index (χ4n) is 3.34. The van der Waals surface area contributed by atoms with Crippen LogP contribution in [-0.2, 0) is 4.79 Å². The molecule has 190 valence electrons. The first-order chi connectivity index (χ1) is 17.2. The third-order valence-electron chi connectivity index (χ3n) is 5.13. The second kappa shape index (κ2) is 10.9. The fourth-order valence-corrected chi connectivity index (χ4v) is 4.04. The molecule has 36 heavy (non-hydrogen) atoms. The van der Waals surface area contributed by atoms with E-state index in [1.165, 1.54) is 18.6 Å². The van der Waals surface area contributed by atoms with E-state index in [4.69, 9.17) is 0 Å². The average molecular weight is 523 g/mol. The second-order valence-electron chi connectivity index (χ2n) is 7.84. The Hall–Kier alpha value is -3.69. The van der Waals surface area contributed by atoms with Crippen LogP contribution >= 0.6 is 11.3 Å². The van der Waals surface area contributed by atoms with Gasteiger partial charge in [-0.3, -0.25) is 29.8 Å². The van der Waals surface area contributed by atoms with Gasteiger partial charge < -0.3 is 15.0 Å². The van der Waals surface area contributed by atoms with Gasteiger partial charge in [0.2, 0.25) is 11.0 Å². The van der Waals surface area contributed by atoms with Gasteiger partial charge in [0, 0.05) is 44.1 Å². The Kier molecular flexibility index (Phi) is 7.71. The van der Waals surface area contributed by atoms with Gasteiger partial charge in [-0.15, -0.1) is 23.4 Å². The molecule has 2 amide bonds. The van der Waals surface area contributed by atoms with Crippen LogP contribution in [0.5, 0.6) is 5.75 Å². The number of hydrogen-bond acceptors (Lipinski definition) is 10. The summed E-state index contributed by atoms with van der Waals surface area (Å²) in [6.07, 6.45) is -0.507. The van der Waals surface area contributed by atoms with E-state index in [9.17, 15) is 22.8 Å². The number of benzene rings is 1. The third-order valence-corrected chi connectivity index (χ3v) is 5.99. The van der Waals surface area contributed by atoms with Crippen molar-refractivity contribution < 1.29 is 27.5 Å². The van der Waals surface area contributed by atoms with E-state index in [1.807, 2.05) is 11.9 Å². The van der Waals surface area contributed by atoms with Crippen LogP contribution < -0.4 is 15.4 Å². The fraction of sp³-hybridized carbons (Fsp3) is 0.333. The predicted molar refractivity (Wildman–Crippen MR) is 125 cm³/mol. The highest BCUT2D eigenvalue weighted by atomic mass is 32.1. The molecule has 0 radical (unpaired) electrons. The molecule has 3 aromatic rings. The van der Waals surface area contributed by atoms with E-state index in [-0.39, 0.29) is 22.9 Å². The maximum absolute atomic E-state index is 12.9. The van der Waals surface area contributed by atoms with Crippen LogP contribution in [0, 0.1) is 0 Å². The number of halogens is 3. The molecule has 0 aliphatic carbocycles. The minimum atomic E-state index is -4.98. The van der Waals surface area contributed by atoms with Crippen molar-refractivity contribution in [2.45, 2.75) is 6.36 Å². The van der Waals surface area contributed by atoms with Gasteiger partial charge in [-0.1, -0.05) is 11.3 Å². The van der Waals surface area contributed by atoms with Crippen molar-refractivity contribution in [2.75, 3.05) is 50.4 Å². The topological polar surface area (TPSA) is 125 Å². The van der Waals surface area contributed by atoms with Gasteiger partial charge in [-0.25, -0.2) is 0 Å². The van der Waals surface area contributed by atoms with Gasteiger partial charge in [-0.05, 0) is 25.2 Å². The molecule has 15 heteroatoms. The molecule has 0 spiro atoms. The normalized spacial score (nSPS) is 14.9. The van der Waals surface area contributed by atoms with Crippen molar-refractivity contribution in [2.24, 2.45) is 0 Å². The number of aromatic nitrogens is 4. The number of carbonyl (C=O) groups is 2. The summed E-state index contributed by atoms with van der Waals surface area (Å²) in [5.41, 5.74) is 0.168. The lowest BCUT2D eigenvalue weighted by Crippen LogP contribution is -2.47. The summed E-state index contributed by atoms with van der Waals surface area (Å²) in [6, 6.07) is 3.24. The van der Waals surface area contributed by atoms with E-state index >= 15 is 0 Å². The van der Waals surface area contributed by atoms with Crippen LogP contribution in [0.3, 0.4) is 0 Å². The van der Waals surface area contributed by atoms with E-state index in [1.54, 1.807) is 0 Å². The number of anilines is 2. The van der Waals surface area contributed by atoms with Crippen LogP contribution in [0.25, 0.3) is 10.7 Å². The number of carbonyl (C=O) groups excluding carboxylic acids is 2. The molecule has 1 saturated heterocycles. The van der Waals surface area contributed by atoms with Crippen molar-refractivity contribution in [3.8, 4) is 16.5 Å². The number of amides is 2. The van der Waals surface area contributed by atoms with Gasteiger partial charge in [0.25, 0.3) is 5.91 Å². The Morgan fingerprint density at radius 3 is 2.58 bits per heavy atom. The maximum atomic E-state index is 12.9. The Labute approximate surface area is 207 Å². The largest absolute Gasteiger partial charge is 0.573 e. The number of piperazine rings is 1. The van der Waals surface area contributed by atoms with E-state index < -0.39 is 23.9 Å².